The molecule has 0 radical (unpaired) electrons. The molecule has 1 rings (SSSR count). The monoisotopic (exact) mass is 213 g/mol. The first-order valence-corrected chi connectivity index (χ1v) is 3.95. The number of carbonyl (C=O) groups excluding carboxylic acids is 1. The summed E-state index contributed by atoms with van der Waals surface area (Å²) in [5.41, 5.74) is -1.06. The maximum absolute atomic E-state index is 13.4. The lowest BCUT2D eigenvalue weighted by Gasteiger charge is -2.06. The number of phenolic OH excluding ortho intramolecular Hbond substituents is 1. The molecule has 1 aromatic rings. The molecule has 0 aliphatic rings. The van der Waals surface area contributed by atoms with Crippen molar-refractivity contribution in [2.24, 2.45) is 0 Å². The fourth-order valence-electron chi connectivity index (χ4n) is 1.05. The molecular formula is C9H8FNO4. The third-order valence-electron chi connectivity index (χ3n) is 1.60. The second kappa shape index (κ2) is 3.95. The Hall–Kier alpha value is -2.11. The van der Waals surface area contributed by atoms with Gasteiger partial charge in [0.25, 0.3) is 0 Å². The average Bonchev–Trinajstić information content (AvgIpc) is 2.09. The third-order valence-corrected chi connectivity index (χ3v) is 1.60. The maximum atomic E-state index is 13.4. The summed E-state index contributed by atoms with van der Waals surface area (Å²) in [6, 6.07) is 1.70. The van der Waals surface area contributed by atoms with E-state index in [9.17, 15) is 14.0 Å². The van der Waals surface area contributed by atoms with Crippen LogP contribution in [0.1, 0.15) is 17.3 Å². The van der Waals surface area contributed by atoms with Gasteiger partial charge < -0.3 is 15.5 Å². The van der Waals surface area contributed by atoms with Gasteiger partial charge in [0.15, 0.2) is 5.82 Å². The highest BCUT2D eigenvalue weighted by Crippen LogP contribution is 2.24. The zero-order valence-corrected chi connectivity index (χ0v) is 7.74. The molecule has 0 unspecified atom stereocenters. The maximum Gasteiger partial charge on any atom is 0.338 e. The van der Waals surface area contributed by atoms with Crippen molar-refractivity contribution in [2.45, 2.75) is 6.92 Å². The van der Waals surface area contributed by atoms with Gasteiger partial charge in [-0.15, -0.1) is 0 Å². The number of hydrogen-bond acceptors (Lipinski definition) is 3. The minimum absolute atomic E-state index is 0.361. The van der Waals surface area contributed by atoms with Crippen LogP contribution in [0.15, 0.2) is 12.1 Å². The molecule has 0 saturated carbocycles. The molecular weight excluding hydrogens is 205 g/mol. The molecule has 6 heteroatoms. The highest BCUT2D eigenvalue weighted by atomic mass is 19.1. The standard InChI is InChI=1S/C9H8FNO4/c1-4(12)11-7-3-5(13)2-6(8(7)10)9(14)15/h2-3,13H,1H3,(H,11,12)(H,14,15). The van der Waals surface area contributed by atoms with Crippen LogP contribution >= 0.6 is 0 Å². The van der Waals surface area contributed by atoms with E-state index in [1.165, 1.54) is 0 Å². The first-order chi connectivity index (χ1) is 6.91. The van der Waals surface area contributed by atoms with Crippen LogP contribution in [-0.2, 0) is 4.79 Å². The van der Waals surface area contributed by atoms with Crippen LogP contribution < -0.4 is 5.32 Å². The summed E-state index contributed by atoms with van der Waals surface area (Å²) in [4.78, 5) is 21.2. The van der Waals surface area contributed by atoms with Gasteiger partial charge in [-0.05, 0) is 6.07 Å². The first-order valence-electron chi connectivity index (χ1n) is 3.95. The van der Waals surface area contributed by atoms with E-state index in [1.54, 1.807) is 0 Å². The van der Waals surface area contributed by atoms with Crippen LogP contribution in [0.2, 0.25) is 0 Å². The van der Waals surface area contributed by atoms with Gasteiger partial charge >= 0.3 is 5.97 Å². The third kappa shape index (κ3) is 2.43. The quantitative estimate of drug-likeness (QED) is 0.688. The summed E-state index contributed by atoms with van der Waals surface area (Å²) in [6.07, 6.45) is 0. The number of halogens is 1. The lowest BCUT2D eigenvalue weighted by molar-refractivity contribution is -0.114. The number of carboxylic acid groups (broad SMARTS) is 1. The number of phenols is 1. The van der Waals surface area contributed by atoms with E-state index >= 15 is 0 Å². The van der Waals surface area contributed by atoms with Crippen molar-refractivity contribution in [3.63, 3.8) is 0 Å². The van der Waals surface area contributed by atoms with Crippen LogP contribution in [0.3, 0.4) is 0 Å². The topological polar surface area (TPSA) is 86.6 Å². The molecule has 0 atom stereocenters. The minimum atomic E-state index is -1.52. The van der Waals surface area contributed by atoms with Crippen molar-refractivity contribution in [2.75, 3.05) is 5.32 Å². The Labute approximate surface area is 84.2 Å². The van der Waals surface area contributed by atoms with E-state index < -0.39 is 29.0 Å². The molecule has 3 N–H and O–H groups in total. The number of hydrogen-bond donors (Lipinski definition) is 3. The van der Waals surface area contributed by atoms with E-state index in [0.717, 1.165) is 19.1 Å². The smallest absolute Gasteiger partial charge is 0.338 e. The van der Waals surface area contributed by atoms with Gasteiger partial charge in [0, 0.05) is 13.0 Å². The van der Waals surface area contributed by atoms with Gasteiger partial charge in [0.2, 0.25) is 5.91 Å². The van der Waals surface area contributed by atoms with Crippen LogP contribution in [-0.4, -0.2) is 22.1 Å². The van der Waals surface area contributed by atoms with E-state index in [-0.39, 0.29) is 5.69 Å². The summed E-state index contributed by atoms with van der Waals surface area (Å²) < 4.78 is 13.4. The Morgan fingerprint density at radius 3 is 2.47 bits per heavy atom. The summed E-state index contributed by atoms with van der Waals surface area (Å²) in [6.45, 7) is 1.14. The summed E-state index contributed by atoms with van der Waals surface area (Å²) in [7, 11) is 0. The second-order valence-electron chi connectivity index (χ2n) is 2.84. The van der Waals surface area contributed by atoms with Crippen LogP contribution in [0, 0.1) is 5.82 Å². The van der Waals surface area contributed by atoms with Gasteiger partial charge in [0.1, 0.15) is 11.3 Å². The van der Waals surface area contributed by atoms with E-state index in [0.29, 0.717) is 0 Å². The number of aromatic carboxylic acids is 1. The number of carbonyl (C=O) groups is 2. The fourth-order valence-corrected chi connectivity index (χ4v) is 1.05. The zero-order chi connectivity index (χ0) is 11.6. The van der Waals surface area contributed by atoms with Crippen molar-refractivity contribution in [3.8, 4) is 5.75 Å². The fraction of sp³-hybridized carbons (Fsp3) is 0.111. The van der Waals surface area contributed by atoms with Crippen molar-refractivity contribution >= 4 is 17.6 Å². The molecule has 15 heavy (non-hydrogen) atoms. The molecule has 0 spiro atoms. The Kier molecular flexibility index (Phi) is 2.89. The predicted octanol–water partition coefficient (Wildman–Crippen LogP) is 1.19. The second-order valence-corrected chi connectivity index (χ2v) is 2.84. The summed E-state index contributed by atoms with van der Waals surface area (Å²) in [5, 5.41) is 19.8. The Balaban J connectivity index is 3.28. The molecule has 0 bridgehead atoms. The van der Waals surface area contributed by atoms with Crippen LogP contribution in [0.5, 0.6) is 5.75 Å². The van der Waals surface area contributed by atoms with Gasteiger partial charge in [-0.25, -0.2) is 9.18 Å². The number of rotatable bonds is 2. The lowest BCUT2D eigenvalue weighted by Crippen LogP contribution is -2.10. The lowest BCUT2D eigenvalue weighted by atomic mass is 10.1. The number of carboxylic acids is 1. The molecule has 0 fully saturated rings. The van der Waals surface area contributed by atoms with Crippen molar-refractivity contribution in [1.29, 1.82) is 0 Å². The van der Waals surface area contributed by atoms with Crippen LogP contribution in [0.25, 0.3) is 0 Å². The van der Waals surface area contributed by atoms with E-state index in [4.69, 9.17) is 10.2 Å². The molecule has 1 aromatic carbocycles. The molecule has 1 amide bonds. The number of anilines is 1. The van der Waals surface area contributed by atoms with Crippen LogP contribution in [0.4, 0.5) is 10.1 Å². The number of nitrogens with one attached hydrogen (secondary N) is 1. The molecule has 5 nitrogen and oxygen atoms in total. The van der Waals surface area contributed by atoms with Crippen molar-refractivity contribution in [3.05, 3.63) is 23.5 Å². The molecule has 0 aliphatic heterocycles. The average molecular weight is 213 g/mol. The number of amides is 1. The van der Waals surface area contributed by atoms with Gasteiger partial charge in [-0.1, -0.05) is 0 Å². The highest BCUT2D eigenvalue weighted by Gasteiger charge is 2.16. The Morgan fingerprint density at radius 1 is 1.40 bits per heavy atom. The minimum Gasteiger partial charge on any atom is -0.508 e. The van der Waals surface area contributed by atoms with E-state index in [1.807, 2.05) is 0 Å². The van der Waals surface area contributed by atoms with Gasteiger partial charge in [0.05, 0.1) is 5.69 Å². The summed E-state index contributed by atoms with van der Waals surface area (Å²) >= 11 is 0. The van der Waals surface area contributed by atoms with E-state index in [2.05, 4.69) is 5.32 Å². The summed E-state index contributed by atoms with van der Waals surface area (Å²) in [5.74, 6) is -3.60. The largest absolute Gasteiger partial charge is 0.508 e. The first kappa shape index (κ1) is 11.0. The SMILES string of the molecule is CC(=O)Nc1cc(O)cc(C(=O)O)c1F. The Morgan fingerprint density at radius 2 is 2.00 bits per heavy atom. The highest BCUT2D eigenvalue weighted by molar-refractivity contribution is 5.94. The molecule has 0 saturated heterocycles. The van der Waals surface area contributed by atoms with Crippen molar-refractivity contribution < 1.29 is 24.2 Å². The zero-order valence-electron chi connectivity index (χ0n) is 7.74. The predicted molar refractivity (Wildman–Crippen MR) is 49.3 cm³/mol. The molecule has 0 aromatic heterocycles. The Bertz CT molecular complexity index is 430. The molecule has 80 valence electrons. The molecule has 0 heterocycles. The molecule has 0 aliphatic carbocycles. The van der Waals surface area contributed by atoms with Gasteiger partial charge in [-0.2, -0.15) is 0 Å². The van der Waals surface area contributed by atoms with Crippen molar-refractivity contribution in [1.82, 2.24) is 0 Å². The number of aromatic hydroxyl groups is 1. The van der Waals surface area contributed by atoms with Gasteiger partial charge in [-0.3, -0.25) is 4.79 Å². The normalized spacial score (nSPS) is 9.73. The number of benzene rings is 1.